The first-order valence-corrected chi connectivity index (χ1v) is 6.31. The van der Waals surface area contributed by atoms with Crippen LogP contribution in [0.4, 0.5) is 0 Å². The van der Waals surface area contributed by atoms with E-state index >= 15 is 0 Å². The third kappa shape index (κ3) is 1.95. The molecule has 3 nitrogen and oxygen atoms in total. The van der Waals surface area contributed by atoms with Gasteiger partial charge in [-0.2, -0.15) is 0 Å². The molecule has 0 aliphatic heterocycles. The van der Waals surface area contributed by atoms with Crippen LogP contribution in [0.5, 0.6) is 0 Å². The Morgan fingerprint density at radius 2 is 2.17 bits per heavy atom. The predicted octanol–water partition coefficient (Wildman–Crippen LogP) is 3.47. The second-order valence-corrected chi connectivity index (χ2v) is 5.15. The summed E-state index contributed by atoms with van der Waals surface area (Å²) in [5.41, 5.74) is 1.63. The first-order valence-electron chi connectivity index (χ1n) is 5.94. The average Bonchev–Trinajstić information content (AvgIpc) is 3.14. The molecule has 0 spiro atoms. The van der Waals surface area contributed by atoms with Crippen molar-refractivity contribution in [3.05, 3.63) is 41.0 Å². The molecule has 0 radical (unpaired) electrons. The van der Waals surface area contributed by atoms with Crippen LogP contribution in [-0.4, -0.2) is 16.1 Å². The lowest BCUT2D eigenvalue weighted by atomic mass is 9.91. The summed E-state index contributed by atoms with van der Waals surface area (Å²) >= 11 is 5.99. The monoisotopic (exact) mass is 261 g/mol. The fraction of sp³-hybridized carbons (Fsp3) is 0.286. The number of aromatic nitrogens is 1. The quantitative estimate of drug-likeness (QED) is 0.920. The molecule has 1 fully saturated rings. The van der Waals surface area contributed by atoms with Crippen LogP contribution in [0, 0.1) is 5.92 Å². The van der Waals surface area contributed by atoms with Crippen molar-refractivity contribution in [2.24, 2.45) is 5.92 Å². The Morgan fingerprint density at radius 1 is 1.39 bits per heavy atom. The normalized spacial score (nSPS) is 16.7. The largest absolute Gasteiger partial charge is 0.481 e. The van der Waals surface area contributed by atoms with Crippen molar-refractivity contribution in [2.45, 2.75) is 18.8 Å². The van der Waals surface area contributed by atoms with Crippen molar-refractivity contribution in [1.29, 1.82) is 0 Å². The number of pyridine rings is 1. The van der Waals surface area contributed by atoms with E-state index in [2.05, 4.69) is 4.98 Å². The van der Waals surface area contributed by atoms with E-state index < -0.39 is 11.9 Å². The highest BCUT2D eigenvalue weighted by Gasteiger charge is 2.38. The summed E-state index contributed by atoms with van der Waals surface area (Å²) in [6.45, 7) is 0. The van der Waals surface area contributed by atoms with Crippen LogP contribution in [-0.2, 0) is 4.79 Å². The Kier molecular flexibility index (Phi) is 2.71. The van der Waals surface area contributed by atoms with Gasteiger partial charge in [0.2, 0.25) is 0 Å². The van der Waals surface area contributed by atoms with Crippen molar-refractivity contribution >= 4 is 28.5 Å². The number of carbonyl (C=O) groups is 1. The van der Waals surface area contributed by atoms with E-state index in [4.69, 9.17) is 11.6 Å². The Balaban J connectivity index is 2.20. The number of hydrogen-bond donors (Lipinski definition) is 1. The van der Waals surface area contributed by atoms with Crippen LogP contribution in [0.25, 0.3) is 10.9 Å². The highest BCUT2D eigenvalue weighted by atomic mass is 35.5. The molecule has 1 aliphatic rings. The predicted molar refractivity (Wildman–Crippen MR) is 69.9 cm³/mol. The molecule has 1 unspecified atom stereocenters. The number of fused-ring (bicyclic) bond motifs is 1. The van der Waals surface area contributed by atoms with Crippen LogP contribution in [0.15, 0.2) is 30.5 Å². The number of carboxylic acid groups (broad SMARTS) is 1. The zero-order chi connectivity index (χ0) is 12.7. The van der Waals surface area contributed by atoms with E-state index in [-0.39, 0.29) is 5.92 Å². The molecule has 1 aromatic carbocycles. The molecule has 1 aromatic heterocycles. The van der Waals surface area contributed by atoms with Gasteiger partial charge in [-0.25, -0.2) is 0 Å². The molecule has 3 rings (SSSR count). The van der Waals surface area contributed by atoms with Crippen molar-refractivity contribution in [2.75, 3.05) is 0 Å². The lowest BCUT2D eigenvalue weighted by Gasteiger charge is -2.14. The molecule has 0 bridgehead atoms. The lowest BCUT2D eigenvalue weighted by Crippen LogP contribution is -2.14. The molecule has 1 saturated carbocycles. The molecule has 1 atom stereocenters. The number of halogens is 1. The number of benzene rings is 1. The van der Waals surface area contributed by atoms with Gasteiger partial charge < -0.3 is 5.11 Å². The van der Waals surface area contributed by atoms with Crippen molar-refractivity contribution in [3.8, 4) is 0 Å². The molecule has 1 N–H and O–H groups in total. The highest BCUT2D eigenvalue weighted by Crippen LogP contribution is 2.44. The van der Waals surface area contributed by atoms with E-state index in [9.17, 15) is 9.90 Å². The van der Waals surface area contributed by atoms with Crippen molar-refractivity contribution < 1.29 is 9.90 Å². The number of carboxylic acids is 1. The van der Waals surface area contributed by atoms with Gasteiger partial charge in [0, 0.05) is 16.6 Å². The summed E-state index contributed by atoms with van der Waals surface area (Å²) in [6, 6.07) is 7.20. The third-order valence-electron chi connectivity index (χ3n) is 3.43. The van der Waals surface area contributed by atoms with Crippen LogP contribution >= 0.6 is 11.6 Å². The number of hydrogen-bond acceptors (Lipinski definition) is 2. The molecule has 0 amide bonds. The summed E-state index contributed by atoms with van der Waals surface area (Å²) in [6.07, 6.45) is 3.65. The fourth-order valence-corrected chi connectivity index (χ4v) is 2.60. The first kappa shape index (κ1) is 11.5. The molecular formula is C14H12ClNO2. The Labute approximate surface area is 109 Å². The number of rotatable bonds is 3. The maximum atomic E-state index is 11.5. The summed E-state index contributed by atoms with van der Waals surface area (Å²) in [5.74, 6) is -0.939. The molecule has 1 heterocycles. The number of aliphatic carboxylic acids is 1. The van der Waals surface area contributed by atoms with Gasteiger partial charge in [-0.1, -0.05) is 11.6 Å². The summed E-state index contributed by atoms with van der Waals surface area (Å²) in [5, 5.41) is 10.9. The lowest BCUT2D eigenvalue weighted by molar-refractivity contribution is -0.139. The van der Waals surface area contributed by atoms with Gasteiger partial charge in [-0.3, -0.25) is 9.78 Å². The van der Waals surface area contributed by atoms with Crippen molar-refractivity contribution in [3.63, 3.8) is 0 Å². The van der Waals surface area contributed by atoms with Gasteiger partial charge in [0.25, 0.3) is 0 Å². The Morgan fingerprint density at radius 3 is 2.83 bits per heavy atom. The SMILES string of the molecule is O=C(O)C(c1ccnc2ccc(Cl)cc12)C1CC1. The van der Waals surface area contributed by atoms with E-state index in [0.29, 0.717) is 5.02 Å². The van der Waals surface area contributed by atoms with Gasteiger partial charge in [-0.15, -0.1) is 0 Å². The number of nitrogens with zero attached hydrogens (tertiary/aromatic N) is 1. The van der Waals surface area contributed by atoms with Gasteiger partial charge in [0.15, 0.2) is 0 Å². The summed E-state index contributed by atoms with van der Waals surface area (Å²) < 4.78 is 0. The third-order valence-corrected chi connectivity index (χ3v) is 3.67. The molecule has 0 saturated heterocycles. The summed E-state index contributed by atoms with van der Waals surface area (Å²) in [4.78, 5) is 15.7. The zero-order valence-corrected chi connectivity index (χ0v) is 10.4. The molecule has 92 valence electrons. The van der Waals surface area contributed by atoms with Crippen molar-refractivity contribution in [1.82, 2.24) is 4.98 Å². The average molecular weight is 262 g/mol. The van der Waals surface area contributed by atoms with E-state index in [1.54, 1.807) is 24.4 Å². The van der Waals surface area contributed by atoms with E-state index in [1.165, 1.54) is 0 Å². The van der Waals surface area contributed by atoms with Crippen LogP contribution in [0.1, 0.15) is 24.3 Å². The van der Waals surface area contributed by atoms with Gasteiger partial charge in [0.05, 0.1) is 11.4 Å². The molecular weight excluding hydrogens is 250 g/mol. The summed E-state index contributed by atoms with van der Waals surface area (Å²) in [7, 11) is 0. The minimum absolute atomic E-state index is 0.257. The minimum atomic E-state index is -0.759. The smallest absolute Gasteiger partial charge is 0.311 e. The van der Waals surface area contributed by atoms with Gasteiger partial charge >= 0.3 is 5.97 Å². The van der Waals surface area contributed by atoms with Crippen LogP contribution < -0.4 is 0 Å². The van der Waals surface area contributed by atoms with E-state index in [1.807, 2.05) is 6.07 Å². The second kappa shape index (κ2) is 4.25. The van der Waals surface area contributed by atoms with Crippen LogP contribution in [0.2, 0.25) is 5.02 Å². The molecule has 1 aliphatic carbocycles. The highest BCUT2D eigenvalue weighted by molar-refractivity contribution is 6.31. The maximum absolute atomic E-state index is 11.5. The van der Waals surface area contributed by atoms with E-state index in [0.717, 1.165) is 29.3 Å². The van der Waals surface area contributed by atoms with Crippen LogP contribution in [0.3, 0.4) is 0 Å². The van der Waals surface area contributed by atoms with Gasteiger partial charge in [0.1, 0.15) is 0 Å². The topological polar surface area (TPSA) is 50.2 Å². The zero-order valence-electron chi connectivity index (χ0n) is 9.64. The minimum Gasteiger partial charge on any atom is -0.481 e. The molecule has 2 aromatic rings. The standard InChI is InChI=1S/C14H12ClNO2/c15-9-3-4-12-11(7-9)10(5-6-16-12)13(14(17)18)8-1-2-8/h3-8,13H,1-2H2,(H,17,18). The fourth-order valence-electron chi connectivity index (χ4n) is 2.43. The molecule has 18 heavy (non-hydrogen) atoms. The van der Waals surface area contributed by atoms with Gasteiger partial charge in [-0.05, 0) is 48.6 Å². The second-order valence-electron chi connectivity index (χ2n) is 4.71. The Hall–Kier alpha value is -1.61. The maximum Gasteiger partial charge on any atom is 0.311 e. The molecule has 4 heteroatoms. The first-order chi connectivity index (χ1) is 8.66. The Bertz CT molecular complexity index is 622.